The molecule has 2 amide bonds. The Balaban J connectivity index is 1.54. The van der Waals surface area contributed by atoms with Gasteiger partial charge in [-0.25, -0.2) is 0 Å². The average molecular weight is 622 g/mol. The SMILES string of the molecule is Cc1ccc(-c2nnn(CC(=O)N(c3cccc(C(F)(F)F)c3)[C@@H](C(=O)NC[C@@H]3CCCO3)c3ccc(N(C)C)cc3)n2)cc1. The number of ether oxygens (including phenoxy) is 1. The van der Waals surface area contributed by atoms with E-state index in [1.54, 1.807) is 24.3 Å². The molecule has 1 fully saturated rings. The maximum atomic E-state index is 14.1. The monoisotopic (exact) mass is 621 g/mol. The van der Waals surface area contributed by atoms with Crippen LogP contribution in [0.5, 0.6) is 0 Å². The molecule has 1 aliphatic rings. The van der Waals surface area contributed by atoms with Crippen molar-refractivity contribution in [2.45, 2.75) is 44.6 Å². The fourth-order valence-corrected chi connectivity index (χ4v) is 5.08. The minimum absolute atomic E-state index is 0.109. The number of benzene rings is 3. The number of halogens is 3. The molecule has 0 bridgehead atoms. The van der Waals surface area contributed by atoms with E-state index in [0.29, 0.717) is 17.7 Å². The van der Waals surface area contributed by atoms with E-state index in [1.807, 2.05) is 50.2 Å². The van der Waals surface area contributed by atoms with Gasteiger partial charge in [0.2, 0.25) is 11.7 Å². The predicted octanol–water partition coefficient (Wildman–Crippen LogP) is 4.80. The van der Waals surface area contributed by atoms with Crippen molar-refractivity contribution in [2.75, 3.05) is 37.0 Å². The summed E-state index contributed by atoms with van der Waals surface area (Å²) in [5.41, 5.74) is 1.90. The van der Waals surface area contributed by atoms with Crippen LogP contribution in [-0.2, 0) is 27.0 Å². The van der Waals surface area contributed by atoms with Gasteiger partial charge in [0.05, 0.1) is 11.7 Å². The second kappa shape index (κ2) is 13.5. The molecule has 0 radical (unpaired) electrons. The number of rotatable bonds is 10. The molecule has 0 unspecified atom stereocenters. The summed E-state index contributed by atoms with van der Waals surface area (Å²) in [4.78, 5) is 32.1. The van der Waals surface area contributed by atoms with Gasteiger partial charge in [0, 0.05) is 44.2 Å². The molecule has 45 heavy (non-hydrogen) atoms. The van der Waals surface area contributed by atoms with Crippen LogP contribution in [0.25, 0.3) is 11.4 Å². The van der Waals surface area contributed by atoms with Crippen LogP contribution in [0.1, 0.15) is 35.6 Å². The lowest BCUT2D eigenvalue weighted by Crippen LogP contribution is -2.46. The van der Waals surface area contributed by atoms with Gasteiger partial charge in [-0.2, -0.15) is 18.0 Å². The van der Waals surface area contributed by atoms with Crippen LogP contribution >= 0.6 is 0 Å². The topological polar surface area (TPSA) is 105 Å². The van der Waals surface area contributed by atoms with Crippen LogP contribution in [0.15, 0.2) is 72.8 Å². The number of carbonyl (C=O) groups is 2. The summed E-state index contributed by atoms with van der Waals surface area (Å²) in [5, 5.41) is 15.2. The van der Waals surface area contributed by atoms with Crippen molar-refractivity contribution in [3.8, 4) is 11.4 Å². The van der Waals surface area contributed by atoms with Gasteiger partial charge >= 0.3 is 6.18 Å². The molecule has 0 saturated carbocycles. The van der Waals surface area contributed by atoms with Crippen molar-refractivity contribution in [2.24, 2.45) is 0 Å². The van der Waals surface area contributed by atoms with Gasteiger partial charge in [-0.05, 0) is 60.9 Å². The first kappa shape index (κ1) is 31.6. The van der Waals surface area contributed by atoms with Gasteiger partial charge in [-0.3, -0.25) is 14.5 Å². The number of carbonyl (C=O) groups excluding carboxylic acids is 2. The number of anilines is 2. The molecule has 2 atom stereocenters. The zero-order chi connectivity index (χ0) is 32.1. The van der Waals surface area contributed by atoms with E-state index in [2.05, 4.69) is 20.7 Å². The van der Waals surface area contributed by atoms with Gasteiger partial charge in [0.25, 0.3) is 5.91 Å². The zero-order valence-electron chi connectivity index (χ0n) is 25.2. The highest BCUT2D eigenvalue weighted by atomic mass is 19.4. The van der Waals surface area contributed by atoms with Crippen molar-refractivity contribution in [3.63, 3.8) is 0 Å². The number of nitrogens with zero attached hydrogens (tertiary/aromatic N) is 6. The number of alkyl halides is 3. The smallest absolute Gasteiger partial charge is 0.378 e. The fourth-order valence-electron chi connectivity index (χ4n) is 5.08. The third-order valence-electron chi connectivity index (χ3n) is 7.52. The minimum atomic E-state index is -4.67. The molecule has 13 heteroatoms. The highest BCUT2D eigenvalue weighted by molar-refractivity contribution is 6.01. The molecular formula is C32H34F3N7O3. The minimum Gasteiger partial charge on any atom is -0.378 e. The lowest BCUT2D eigenvalue weighted by Gasteiger charge is -2.32. The van der Waals surface area contributed by atoms with E-state index in [0.717, 1.165) is 45.9 Å². The van der Waals surface area contributed by atoms with Crippen molar-refractivity contribution in [3.05, 3.63) is 89.5 Å². The highest BCUT2D eigenvalue weighted by Gasteiger charge is 2.36. The maximum Gasteiger partial charge on any atom is 0.416 e. The second-order valence-corrected chi connectivity index (χ2v) is 11.1. The third-order valence-corrected chi connectivity index (χ3v) is 7.52. The van der Waals surface area contributed by atoms with E-state index in [-0.39, 0.29) is 24.2 Å². The molecule has 1 aromatic heterocycles. The first-order valence-electron chi connectivity index (χ1n) is 14.5. The largest absolute Gasteiger partial charge is 0.416 e. The molecule has 4 aromatic rings. The molecule has 0 aliphatic carbocycles. The number of hydrogen-bond acceptors (Lipinski definition) is 7. The fraction of sp³-hybridized carbons (Fsp3) is 0.344. The van der Waals surface area contributed by atoms with Crippen molar-refractivity contribution in [1.29, 1.82) is 0 Å². The first-order valence-corrected chi connectivity index (χ1v) is 14.5. The summed E-state index contributed by atoms with van der Waals surface area (Å²) >= 11 is 0. The van der Waals surface area contributed by atoms with Gasteiger partial charge in [-0.15, -0.1) is 10.2 Å². The van der Waals surface area contributed by atoms with Crippen LogP contribution in [0.3, 0.4) is 0 Å². The second-order valence-electron chi connectivity index (χ2n) is 11.1. The molecule has 1 saturated heterocycles. The number of aryl methyl sites for hydroxylation is 1. The van der Waals surface area contributed by atoms with Gasteiger partial charge in [0.1, 0.15) is 12.6 Å². The predicted molar refractivity (Wildman–Crippen MR) is 162 cm³/mol. The van der Waals surface area contributed by atoms with Gasteiger partial charge in [0.15, 0.2) is 0 Å². The molecule has 10 nitrogen and oxygen atoms in total. The van der Waals surface area contributed by atoms with E-state index in [4.69, 9.17) is 4.74 Å². The number of aromatic nitrogens is 4. The van der Waals surface area contributed by atoms with E-state index in [1.165, 1.54) is 12.1 Å². The Hall–Kier alpha value is -4.78. The Morgan fingerprint density at radius 2 is 1.78 bits per heavy atom. The van der Waals surface area contributed by atoms with Crippen molar-refractivity contribution < 1.29 is 27.5 Å². The summed E-state index contributed by atoms with van der Waals surface area (Å²) in [6, 6.07) is 17.4. The lowest BCUT2D eigenvalue weighted by atomic mass is 10.0. The van der Waals surface area contributed by atoms with Crippen LogP contribution < -0.4 is 15.1 Å². The van der Waals surface area contributed by atoms with Crippen LogP contribution in [0.4, 0.5) is 24.5 Å². The Kier molecular flexibility index (Phi) is 9.47. The molecule has 236 valence electrons. The normalized spacial score (nSPS) is 15.5. The standard InChI is InChI=1S/C32H34F3N7O3/c1-21-9-11-23(12-10-21)30-37-39-41(38-30)20-28(43)42(26-7-4-6-24(18-26)32(33,34)35)29(22-13-15-25(16-14-22)40(2)3)31(44)36-19-27-8-5-17-45-27/h4,6-7,9-16,18,27,29H,5,8,17,19-20H2,1-3H3,(H,36,44)/t27-,29+/m0/s1. The van der Waals surface area contributed by atoms with Crippen LogP contribution in [0.2, 0.25) is 0 Å². The highest BCUT2D eigenvalue weighted by Crippen LogP contribution is 2.35. The Labute approximate surface area is 258 Å². The molecule has 5 rings (SSSR count). The van der Waals surface area contributed by atoms with Gasteiger partial charge < -0.3 is 15.0 Å². The molecular weight excluding hydrogens is 587 g/mol. The summed E-state index contributed by atoms with van der Waals surface area (Å²) < 4.78 is 47.1. The molecule has 1 N–H and O–H groups in total. The number of nitrogens with one attached hydrogen (secondary N) is 1. The summed E-state index contributed by atoms with van der Waals surface area (Å²) in [5.74, 6) is -1.00. The van der Waals surface area contributed by atoms with E-state index >= 15 is 0 Å². The molecule has 2 heterocycles. The molecule has 1 aliphatic heterocycles. The van der Waals surface area contributed by atoms with Crippen LogP contribution in [-0.4, -0.2) is 65.4 Å². The van der Waals surface area contributed by atoms with E-state index in [9.17, 15) is 22.8 Å². The molecule has 3 aromatic carbocycles. The third kappa shape index (κ3) is 7.66. The maximum absolute atomic E-state index is 14.1. The summed E-state index contributed by atoms with van der Waals surface area (Å²) in [6.07, 6.45) is -3.24. The number of tetrazole rings is 1. The van der Waals surface area contributed by atoms with Gasteiger partial charge in [-0.1, -0.05) is 48.0 Å². The van der Waals surface area contributed by atoms with E-state index < -0.39 is 36.1 Å². The number of hydrogen-bond donors (Lipinski definition) is 1. The quantitative estimate of drug-likeness (QED) is 0.271. The van der Waals surface area contributed by atoms with Crippen LogP contribution in [0, 0.1) is 6.92 Å². The Morgan fingerprint density at radius 3 is 2.42 bits per heavy atom. The summed E-state index contributed by atoms with van der Waals surface area (Å²) in [7, 11) is 3.71. The Morgan fingerprint density at radius 1 is 1.04 bits per heavy atom. The lowest BCUT2D eigenvalue weighted by molar-refractivity contribution is -0.137. The van der Waals surface area contributed by atoms with Crippen molar-refractivity contribution in [1.82, 2.24) is 25.5 Å². The first-order chi connectivity index (χ1) is 21.5. The number of amides is 2. The summed E-state index contributed by atoms with van der Waals surface area (Å²) in [6.45, 7) is 2.23. The molecule has 0 spiro atoms. The average Bonchev–Trinajstić information content (AvgIpc) is 3.71. The van der Waals surface area contributed by atoms with Crippen molar-refractivity contribution >= 4 is 23.2 Å². The Bertz CT molecular complexity index is 1620. The zero-order valence-corrected chi connectivity index (χ0v) is 25.2.